The molecule has 5 nitrogen and oxygen atoms in total. The van der Waals surface area contributed by atoms with Gasteiger partial charge in [0.05, 0.1) is 12.1 Å². The minimum Gasteiger partial charge on any atom is -0.737 e. The maximum absolute atomic E-state index is 11.2. The smallest absolute Gasteiger partial charge is 0.737 e. The molecular weight excluding hydrogens is 217 g/mol. The van der Waals surface area contributed by atoms with Crippen molar-refractivity contribution in [3.05, 3.63) is 10.4 Å². The summed E-state index contributed by atoms with van der Waals surface area (Å²) in [5.41, 5.74) is -0.256. The number of hydrogen-bond donors (Lipinski definition) is 0. The van der Waals surface area contributed by atoms with E-state index in [4.69, 9.17) is 0 Å². The minimum atomic E-state index is -0.388. The van der Waals surface area contributed by atoms with Gasteiger partial charge in [-0.25, -0.2) is 0 Å². The Bertz CT molecular complexity index is 231. The van der Waals surface area contributed by atoms with Crippen LogP contribution in [0, 0.1) is 15.8 Å². The van der Waals surface area contributed by atoms with Crippen molar-refractivity contribution in [2.24, 2.45) is 10.7 Å². The molecule has 0 spiro atoms. The maximum atomic E-state index is 11.2. The largest absolute Gasteiger partial charge is 1.00 e. The monoisotopic (exact) mass is 239 g/mol. The Kier molecular flexibility index (Phi) is 7.65. The molecule has 0 fully saturated rings. The van der Waals surface area contributed by atoms with Crippen LogP contribution in [0.25, 0.3) is 0 Å². The Labute approximate surface area is 120 Å². The molecule has 0 saturated carbocycles. The number of hydrazine groups is 1. The van der Waals surface area contributed by atoms with Gasteiger partial charge in [0, 0.05) is 4.97 Å². The molecule has 0 aliphatic carbocycles. The van der Waals surface area contributed by atoms with Crippen molar-refractivity contribution in [3.63, 3.8) is 0 Å². The van der Waals surface area contributed by atoms with E-state index in [1.165, 1.54) is 5.01 Å². The van der Waals surface area contributed by atoms with Crippen LogP contribution in [0.3, 0.4) is 0 Å². The van der Waals surface area contributed by atoms with Crippen molar-refractivity contribution in [1.82, 2.24) is 5.01 Å². The van der Waals surface area contributed by atoms with E-state index in [0.29, 0.717) is 6.54 Å². The average Bonchev–Trinajstić information content (AvgIpc) is 1.99. The van der Waals surface area contributed by atoms with Gasteiger partial charge in [-0.15, -0.1) is 5.01 Å². The molecule has 0 aliphatic rings. The quantitative estimate of drug-likeness (QED) is 0.299. The van der Waals surface area contributed by atoms with Crippen LogP contribution in [0.1, 0.15) is 48.0 Å². The molecule has 6 heteroatoms. The van der Waals surface area contributed by atoms with Gasteiger partial charge in [0.25, 0.3) is 0 Å². The van der Waals surface area contributed by atoms with Crippen LogP contribution >= 0.6 is 0 Å². The molecule has 0 aromatic carbocycles. The Morgan fingerprint density at radius 1 is 1.12 bits per heavy atom. The number of rotatable bonds is 3. The van der Waals surface area contributed by atoms with Gasteiger partial charge < -0.3 is 10.4 Å². The van der Waals surface area contributed by atoms with E-state index < -0.39 is 0 Å². The molecule has 0 aliphatic heterocycles. The third-order valence-electron chi connectivity index (χ3n) is 2.12. The van der Waals surface area contributed by atoms with Crippen LogP contribution in [0.15, 0.2) is 5.28 Å². The van der Waals surface area contributed by atoms with E-state index >= 15 is 0 Å². The summed E-state index contributed by atoms with van der Waals surface area (Å²) < 4.78 is 0. The second-order valence-electron chi connectivity index (χ2n) is 5.94. The third kappa shape index (κ3) is 7.30. The zero-order chi connectivity index (χ0) is 12.3. The molecule has 0 bridgehead atoms. The first kappa shape index (κ1) is 18.4. The Morgan fingerprint density at radius 3 is 1.81 bits per heavy atom. The van der Waals surface area contributed by atoms with Crippen LogP contribution in [-0.2, 0) is 0 Å². The van der Waals surface area contributed by atoms with Crippen LogP contribution in [0.4, 0.5) is 0 Å². The predicted molar refractivity (Wildman–Crippen MR) is 60.0 cm³/mol. The molecule has 0 unspecified atom stereocenters. The summed E-state index contributed by atoms with van der Waals surface area (Å²) in [5.74, 6) is 0. The zero-order valence-electron chi connectivity index (χ0n) is 11.6. The fourth-order valence-corrected chi connectivity index (χ4v) is 1.16. The van der Waals surface area contributed by atoms with Gasteiger partial charge >= 0.3 is 29.6 Å². The fourth-order valence-electron chi connectivity index (χ4n) is 1.16. The molecule has 0 rings (SSSR count). The van der Waals surface area contributed by atoms with Gasteiger partial charge in [-0.2, -0.15) is 0 Å². The van der Waals surface area contributed by atoms with Gasteiger partial charge in [-0.1, -0.05) is 20.8 Å². The standard InChI is InChI=1S/C10H23N3O2.Na/c1-9(2,3)7-8-12(10(4,5)6)13(15)11-14;/h14H,7-8H2,1-6H3;/q;+1/p-1. The first-order chi connectivity index (χ1) is 6.58. The van der Waals surface area contributed by atoms with Gasteiger partial charge in [0.1, 0.15) is 0 Å². The third-order valence-corrected chi connectivity index (χ3v) is 2.12. The summed E-state index contributed by atoms with van der Waals surface area (Å²) in [6, 6.07) is 0. The molecule has 90 valence electrons. The van der Waals surface area contributed by atoms with Crippen LogP contribution < -0.4 is 29.6 Å². The fraction of sp³-hybridized carbons (Fsp3) is 1.00. The van der Waals surface area contributed by atoms with E-state index in [1.54, 1.807) is 0 Å². The summed E-state index contributed by atoms with van der Waals surface area (Å²) in [4.78, 5) is 0.145. The topological polar surface area (TPSA) is 64.7 Å². The second kappa shape index (κ2) is 6.67. The second-order valence-corrected chi connectivity index (χ2v) is 5.94. The van der Waals surface area contributed by atoms with Crippen LogP contribution in [0.5, 0.6) is 0 Å². The number of hydrogen-bond acceptors (Lipinski definition) is 3. The molecule has 0 radical (unpaired) electrons. The summed E-state index contributed by atoms with van der Waals surface area (Å²) in [7, 11) is 0. The molecule has 0 N–H and O–H groups in total. The Hall–Kier alpha value is 0. The summed E-state index contributed by atoms with van der Waals surface area (Å²) >= 11 is 0. The first-order valence-corrected chi connectivity index (χ1v) is 5.16. The van der Waals surface area contributed by atoms with Crippen molar-refractivity contribution in [3.8, 4) is 0 Å². The Morgan fingerprint density at radius 2 is 1.56 bits per heavy atom. The molecule has 0 aromatic heterocycles. The van der Waals surface area contributed by atoms with E-state index in [0.717, 1.165) is 6.42 Å². The minimum absolute atomic E-state index is 0. The molecule has 0 atom stereocenters. The van der Waals surface area contributed by atoms with E-state index in [9.17, 15) is 10.4 Å². The van der Waals surface area contributed by atoms with E-state index in [2.05, 4.69) is 26.0 Å². The van der Waals surface area contributed by atoms with E-state index in [-0.39, 0.29) is 45.5 Å². The molecule has 0 saturated heterocycles. The van der Waals surface area contributed by atoms with Gasteiger partial charge in [0.15, 0.2) is 0 Å². The molecular formula is C10H22N3NaO2. The van der Waals surface area contributed by atoms with Crippen molar-refractivity contribution >= 4 is 0 Å². The van der Waals surface area contributed by atoms with Crippen molar-refractivity contribution in [2.45, 2.75) is 53.5 Å². The zero-order valence-corrected chi connectivity index (χ0v) is 13.6. The molecule has 0 heterocycles. The number of nitrogens with zero attached hydrogens (tertiary/aromatic N) is 3. The Balaban J connectivity index is 0. The predicted octanol–water partition coefficient (Wildman–Crippen LogP) is -0.0976. The van der Waals surface area contributed by atoms with Crippen LogP contribution in [-0.4, -0.2) is 22.1 Å². The van der Waals surface area contributed by atoms with Crippen molar-refractivity contribution in [1.29, 1.82) is 0 Å². The van der Waals surface area contributed by atoms with E-state index in [1.807, 2.05) is 20.8 Å². The first-order valence-electron chi connectivity index (χ1n) is 5.16. The summed E-state index contributed by atoms with van der Waals surface area (Å²) in [6.45, 7) is 12.5. The van der Waals surface area contributed by atoms with Gasteiger partial charge in [-0.3, -0.25) is 0 Å². The normalized spacial score (nSPS) is 13.2. The molecule has 0 amide bonds. The molecule has 16 heavy (non-hydrogen) atoms. The van der Waals surface area contributed by atoms with Crippen molar-refractivity contribution < 1.29 is 34.5 Å². The van der Waals surface area contributed by atoms with Crippen LogP contribution in [0.2, 0.25) is 0 Å². The SMILES string of the molecule is CC(C)(C)CCN([N+]([O-])=N[O-])C(C)(C)C.[Na+]. The summed E-state index contributed by atoms with van der Waals surface area (Å²) in [6.07, 6.45) is 0.832. The average molecular weight is 239 g/mol. The van der Waals surface area contributed by atoms with Gasteiger partial charge in [0.2, 0.25) is 0 Å². The summed E-state index contributed by atoms with van der Waals surface area (Å²) in [5, 5.41) is 25.3. The molecule has 0 aromatic rings. The maximum Gasteiger partial charge on any atom is 1.00 e. The van der Waals surface area contributed by atoms with Gasteiger partial charge in [-0.05, 0) is 37.9 Å². The van der Waals surface area contributed by atoms with Crippen molar-refractivity contribution in [2.75, 3.05) is 6.54 Å².